The number of aliphatic imine (C=N–C) groups is 1. The van der Waals surface area contributed by atoms with Crippen molar-refractivity contribution in [3.05, 3.63) is 70.5 Å². The van der Waals surface area contributed by atoms with Gasteiger partial charge in [-0.2, -0.15) is 5.10 Å². The molecule has 0 saturated carbocycles. The van der Waals surface area contributed by atoms with E-state index in [1.54, 1.807) is 50.6 Å². The molecule has 1 heterocycles. The van der Waals surface area contributed by atoms with Crippen LogP contribution in [0.1, 0.15) is 35.0 Å². The Hall–Kier alpha value is -3.52. The average Bonchev–Trinajstić information content (AvgIpc) is 3.16. The summed E-state index contributed by atoms with van der Waals surface area (Å²) >= 11 is 6.04. The van der Waals surface area contributed by atoms with Crippen LogP contribution < -0.4 is 20.1 Å². The fraction of sp³-hybridized carbons (Fsp3) is 0.292. The minimum atomic E-state index is -0.331. The maximum absolute atomic E-state index is 12.8. The first-order valence-corrected chi connectivity index (χ1v) is 10.9. The monoisotopic (exact) mass is 469 g/mol. The van der Waals surface area contributed by atoms with Crippen molar-refractivity contribution in [2.45, 2.75) is 33.4 Å². The number of hydrogen-bond acceptors (Lipinski definition) is 5. The van der Waals surface area contributed by atoms with Crippen molar-refractivity contribution in [1.29, 1.82) is 0 Å². The highest BCUT2D eigenvalue weighted by molar-refractivity contribution is 6.31. The van der Waals surface area contributed by atoms with E-state index in [2.05, 4.69) is 27.6 Å². The Labute approximate surface area is 198 Å². The molecule has 0 aliphatic heterocycles. The summed E-state index contributed by atoms with van der Waals surface area (Å²) in [6.45, 7) is 5.24. The highest BCUT2D eigenvalue weighted by Gasteiger charge is 2.12. The molecule has 1 aromatic heterocycles. The normalized spacial score (nSPS) is 11.2. The zero-order valence-corrected chi connectivity index (χ0v) is 19.9. The van der Waals surface area contributed by atoms with Crippen molar-refractivity contribution < 1.29 is 14.3 Å². The number of carbonyl (C=O) groups excluding carboxylic acids is 1. The lowest BCUT2D eigenvalue weighted by atomic mass is 10.2. The van der Waals surface area contributed by atoms with Crippen molar-refractivity contribution in [2.24, 2.45) is 4.99 Å². The molecule has 0 radical (unpaired) electrons. The first kappa shape index (κ1) is 24.1. The number of carbonyl (C=O) groups is 1. The average molecular weight is 470 g/mol. The van der Waals surface area contributed by atoms with E-state index in [1.165, 1.54) is 0 Å². The number of guanidine groups is 1. The van der Waals surface area contributed by atoms with Crippen LogP contribution >= 0.6 is 11.6 Å². The Balaban J connectivity index is 1.87. The van der Waals surface area contributed by atoms with Crippen molar-refractivity contribution in [2.75, 3.05) is 19.5 Å². The summed E-state index contributed by atoms with van der Waals surface area (Å²) in [4.78, 5) is 17.5. The van der Waals surface area contributed by atoms with Gasteiger partial charge in [-0.1, -0.05) is 24.6 Å². The van der Waals surface area contributed by atoms with Gasteiger partial charge in [-0.25, -0.2) is 4.99 Å². The number of aryl methyl sites for hydroxylation is 2. The molecule has 174 valence electrons. The number of hydrogen-bond donors (Lipinski definition) is 2. The highest BCUT2D eigenvalue weighted by atomic mass is 35.5. The topological polar surface area (TPSA) is 89.8 Å². The second-order valence-electron chi connectivity index (χ2n) is 7.33. The number of methoxy groups -OCH3 is 2. The summed E-state index contributed by atoms with van der Waals surface area (Å²) in [6, 6.07) is 12.1. The van der Waals surface area contributed by atoms with E-state index in [0.717, 1.165) is 24.2 Å². The van der Waals surface area contributed by atoms with Crippen LogP contribution in [0.4, 0.5) is 5.69 Å². The molecule has 0 aliphatic carbocycles. The van der Waals surface area contributed by atoms with Gasteiger partial charge in [0.2, 0.25) is 5.96 Å². The second-order valence-corrected chi connectivity index (χ2v) is 7.76. The van der Waals surface area contributed by atoms with Crippen LogP contribution in [-0.2, 0) is 13.1 Å². The first-order valence-electron chi connectivity index (χ1n) is 10.6. The third kappa shape index (κ3) is 6.49. The van der Waals surface area contributed by atoms with Gasteiger partial charge in [0.1, 0.15) is 0 Å². The maximum atomic E-state index is 12.8. The van der Waals surface area contributed by atoms with E-state index in [4.69, 9.17) is 21.1 Å². The number of amides is 1. The standard InChI is InChI=1S/C24H28ClN5O3/c1-5-11-30-15-18(16(2)29-30)14-26-24(28-23(31)17-7-6-8-19(25)12-17)27-20-9-10-21(32-3)22(13-20)33-4/h6-10,12-13,15H,5,11,14H2,1-4H3,(H2,26,27,28,31). The van der Waals surface area contributed by atoms with Gasteiger partial charge >= 0.3 is 0 Å². The zero-order chi connectivity index (χ0) is 23.8. The fourth-order valence-corrected chi connectivity index (χ4v) is 3.38. The molecule has 3 rings (SSSR count). The molecule has 0 fully saturated rings. The molecule has 0 atom stereocenters. The molecule has 2 N–H and O–H groups in total. The molecule has 0 spiro atoms. The van der Waals surface area contributed by atoms with Crippen molar-refractivity contribution in [3.63, 3.8) is 0 Å². The molecule has 2 aromatic carbocycles. The molecule has 9 heteroatoms. The van der Waals surface area contributed by atoms with E-state index in [0.29, 0.717) is 34.3 Å². The van der Waals surface area contributed by atoms with E-state index >= 15 is 0 Å². The summed E-state index contributed by atoms with van der Waals surface area (Å²) in [6.07, 6.45) is 2.97. The van der Waals surface area contributed by atoms with Gasteiger partial charge in [0.25, 0.3) is 5.91 Å². The lowest BCUT2D eigenvalue weighted by Gasteiger charge is -2.14. The maximum Gasteiger partial charge on any atom is 0.258 e. The van der Waals surface area contributed by atoms with Gasteiger partial charge < -0.3 is 14.8 Å². The number of aromatic nitrogens is 2. The Bertz CT molecular complexity index is 1140. The molecular formula is C24H28ClN5O3. The molecule has 0 unspecified atom stereocenters. The molecular weight excluding hydrogens is 442 g/mol. The predicted octanol–water partition coefficient (Wildman–Crippen LogP) is 4.67. The minimum absolute atomic E-state index is 0.287. The molecule has 0 aliphatic rings. The predicted molar refractivity (Wildman–Crippen MR) is 130 cm³/mol. The number of rotatable bonds is 8. The summed E-state index contributed by atoms with van der Waals surface area (Å²) < 4.78 is 12.6. The third-order valence-corrected chi connectivity index (χ3v) is 5.11. The van der Waals surface area contributed by atoms with Crippen molar-refractivity contribution in [3.8, 4) is 11.5 Å². The van der Waals surface area contributed by atoms with Crippen LogP contribution in [0.15, 0.2) is 53.7 Å². The number of nitrogens with one attached hydrogen (secondary N) is 2. The quantitative estimate of drug-likeness (QED) is 0.369. The first-order chi connectivity index (χ1) is 15.9. The Kier molecular flexibility index (Phi) is 8.32. The minimum Gasteiger partial charge on any atom is -0.493 e. The number of anilines is 1. The number of nitrogens with zero attached hydrogens (tertiary/aromatic N) is 3. The van der Waals surface area contributed by atoms with Crippen LogP contribution in [0.5, 0.6) is 11.5 Å². The third-order valence-electron chi connectivity index (χ3n) is 4.87. The van der Waals surface area contributed by atoms with E-state index in [1.807, 2.05) is 23.9 Å². The smallest absolute Gasteiger partial charge is 0.258 e. The second kappa shape index (κ2) is 11.4. The molecule has 1 amide bonds. The molecule has 0 bridgehead atoms. The van der Waals surface area contributed by atoms with Gasteiger partial charge in [-0.15, -0.1) is 0 Å². The number of benzene rings is 2. The van der Waals surface area contributed by atoms with Gasteiger partial charge in [0, 0.05) is 40.6 Å². The fourth-order valence-electron chi connectivity index (χ4n) is 3.19. The SMILES string of the molecule is CCCn1cc(CN=C(NC(=O)c2cccc(Cl)c2)Nc2ccc(OC)c(OC)c2)c(C)n1. The Morgan fingerprint density at radius 2 is 1.94 bits per heavy atom. The van der Waals surface area contributed by atoms with Gasteiger partial charge in [-0.05, 0) is 43.7 Å². The van der Waals surface area contributed by atoms with Gasteiger partial charge in [-0.3, -0.25) is 14.8 Å². The Morgan fingerprint density at radius 3 is 2.64 bits per heavy atom. The lowest BCUT2D eigenvalue weighted by Crippen LogP contribution is -2.36. The molecule has 33 heavy (non-hydrogen) atoms. The van der Waals surface area contributed by atoms with E-state index in [9.17, 15) is 4.79 Å². The number of ether oxygens (including phenoxy) is 2. The summed E-state index contributed by atoms with van der Waals surface area (Å²) in [5.74, 6) is 1.11. The van der Waals surface area contributed by atoms with Crippen LogP contribution in [-0.4, -0.2) is 35.9 Å². The van der Waals surface area contributed by atoms with Crippen LogP contribution in [0.25, 0.3) is 0 Å². The van der Waals surface area contributed by atoms with E-state index < -0.39 is 0 Å². The molecule has 8 nitrogen and oxygen atoms in total. The van der Waals surface area contributed by atoms with E-state index in [-0.39, 0.29) is 11.9 Å². The molecule has 3 aromatic rings. The van der Waals surface area contributed by atoms with Crippen LogP contribution in [0, 0.1) is 6.92 Å². The van der Waals surface area contributed by atoms with Gasteiger partial charge in [0.05, 0.1) is 26.5 Å². The summed E-state index contributed by atoms with van der Waals surface area (Å²) in [7, 11) is 3.14. The largest absolute Gasteiger partial charge is 0.493 e. The van der Waals surface area contributed by atoms with Gasteiger partial charge in [0.15, 0.2) is 11.5 Å². The highest BCUT2D eigenvalue weighted by Crippen LogP contribution is 2.29. The van der Waals surface area contributed by atoms with Crippen LogP contribution in [0.2, 0.25) is 5.02 Å². The lowest BCUT2D eigenvalue weighted by molar-refractivity contribution is 0.0977. The summed E-state index contributed by atoms with van der Waals surface area (Å²) in [5.41, 5.74) is 2.98. The Morgan fingerprint density at radius 1 is 1.15 bits per heavy atom. The van der Waals surface area contributed by atoms with Crippen molar-refractivity contribution >= 4 is 29.2 Å². The zero-order valence-electron chi connectivity index (χ0n) is 19.2. The summed E-state index contributed by atoms with van der Waals surface area (Å²) in [5, 5.41) is 11.0. The van der Waals surface area contributed by atoms with Crippen molar-refractivity contribution in [1.82, 2.24) is 15.1 Å². The molecule has 0 saturated heterocycles. The number of halogens is 1. The van der Waals surface area contributed by atoms with Crippen LogP contribution in [0.3, 0.4) is 0 Å².